The van der Waals surface area contributed by atoms with Crippen LogP contribution in [0.2, 0.25) is 0 Å². The number of carbonyl (C=O) groups excluding carboxylic acids is 1. The maximum absolute atomic E-state index is 10.7. The summed E-state index contributed by atoms with van der Waals surface area (Å²) in [5, 5.41) is 2.11. The Hall–Kier alpha value is -1.54. The van der Waals surface area contributed by atoms with Gasteiger partial charge in [0.2, 0.25) is 5.95 Å². The van der Waals surface area contributed by atoms with Gasteiger partial charge in [0, 0.05) is 23.7 Å². The lowest BCUT2D eigenvalue weighted by molar-refractivity contribution is 0.256. The highest BCUT2D eigenvalue weighted by atomic mass is 32.2. The van der Waals surface area contributed by atoms with Crippen LogP contribution in [0.3, 0.4) is 0 Å². The highest BCUT2D eigenvalue weighted by Gasteiger charge is 2.01. The monoisotopic (exact) mass is 201 g/mol. The van der Waals surface area contributed by atoms with Crippen molar-refractivity contribution in [2.75, 3.05) is 5.32 Å². The summed E-state index contributed by atoms with van der Waals surface area (Å²) in [4.78, 5) is 18.0. The number of hydrogen-bond acceptors (Lipinski definition) is 5. The van der Waals surface area contributed by atoms with E-state index in [1.165, 1.54) is 12.4 Å². The predicted octanol–water partition coefficient (Wildman–Crippen LogP) is -0.608. The number of amides is 2. The first-order valence-corrected chi connectivity index (χ1v) is 4.20. The van der Waals surface area contributed by atoms with Crippen molar-refractivity contribution < 1.29 is 13.6 Å². The molecule has 0 radical (unpaired) electrons. The summed E-state index contributed by atoms with van der Waals surface area (Å²) in [6, 6.07) is 0.661. The third kappa shape index (κ3) is 3.58. The molecule has 70 valence electrons. The van der Waals surface area contributed by atoms with Gasteiger partial charge in [-0.05, 0) is 6.07 Å². The van der Waals surface area contributed by atoms with E-state index in [0.29, 0.717) is 0 Å². The molecule has 0 aliphatic heterocycles. The quantitative estimate of drug-likeness (QED) is 0.621. The van der Waals surface area contributed by atoms with Crippen molar-refractivity contribution in [1.82, 2.24) is 14.7 Å². The number of carbonyl (C=O) groups is 1. The second-order valence-electron chi connectivity index (χ2n) is 1.86. The Bertz CT molecular complexity index is 317. The smallest absolute Gasteiger partial charge is 0.332 e. The molecule has 0 saturated carbocycles. The Balaban J connectivity index is 2.50. The minimum atomic E-state index is -2.64. The lowest BCUT2D eigenvalue weighted by Gasteiger charge is -2.06. The zero-order valence-electron chi connectivity index (χ0n) is 6.26. The molecule has 0 saturated heterocycles. The van der Waals surface area contributed by atoms with Crippen molar-refractivity contribution >= 4 is 23.2 Å². The molecule has 2 N–H and O–H groups in total. The molecule has 1 rings (SSSR count). The van der Waals surface area contributed by atoms with Gasteiger partial charge in [-0.2, -0.15) is 0 Å². The highest BCUT2D eigenvalue weighted by Crippen LogP contribution is 1.92. The topological polar surface area (TPSA) is 107 Å². The molecule has 0 bridgehead atoms. The maximum Gasteiger partial charge on any atom is 0.332 e. The zero-order valence-corrected chi connectivity index (χ0v) is 7.08. The minimum Gasteiger partial charge on any atom is -0.755 e. The molecule has 1 atom stereocenters. The molecule has 7 nitrogen and oxygen atoms in total. The third-order valence-corrected chi connectivity index (χ3v) is 1.32. The summed E-state index contributed by atoms with van der Waals surface area (Å²) in [5.74, 6) is 0.0328. The van der Waals surface area contributed by atoms with Gasteiger partial charge in [-0.1, -0.05) is 0 Å². The van der Waals surface area contributed by atoms with E-state index < -0.39 is 17.3 Å². The summed E-state index contributed by atoms with van der Waals surface area (Å²) in [6.45, 7) is 0. The van der Waals surface area contributed by atoms with Crippen molar-refractivity contribution in [3.63, 3.8) is 0 Å². The number of rotatable bonds is 2. The van der Waals surface area contributed by atoms with Crippen molar-refractivity contribution in [3.05, 3.63) is 18.5 Å². The molecule has 8 heteroatoms. The average molecular weight is 201 g/mol. The van der Waals surface area contributed by atoms with Crippen LogP contribution in [0.5, 0.6) is 0 Å². The van der Waals surface area contributed by atoms with Crippen molar-refractivity contribution in [3.8, 4) is 0 Å². The summed E-state index contributed by atoms with van der Waals surface area (Å²) >= 11 is -2.64. The minimum absolute atomic E-state index is 0.0328. The fourth-order valence-corrected chi connectivity index (χ4v) is 0.769. The summed E-state index contributed by atoms with van der Waals surface area (Å²) < 4.78 is 21.6. The number of aromatic nitrogens is 2. The first kappa shape index (κ1) is 9.55. The Morgan fingerprint density at radius 1 is 1.46 bits per heavy atom. The first-order valence-electron chi connectivity index (χ1n) is 3.12. The molecular weight excluding hydrogens is 196 g/mol. The van der Waals surface area contributed by atoms with Gasteiger partial charge in [-0.25, -0.2) is 14.8 Å². The van der Waals surface area contributed by atoms with Gasteiger partial charge in [-0.15, -0.1) is 0 Å². The van der Waals surface area contributed by atoms with E-state index in [-0.39, 0.29) is 5.95 Å². The normalized spacial score (nSPS) is 11.8. The van der Waals surface area contributed by atoms with Crippen LogP contribution in [-0.2, 0) is 11.3 Å². The van der Waals surface area contributed by atoms with E-state index in [4.69, 9.17) is 0 Å². The highest BCUT2D eigenvalue weighted by molar-refractivity contribution is 7.77. The Morgan fingerprint density at radius 2 is 2.08 bits per heavy atom. The number of nitrogens with one attached hydrogen (secondary N) is 2. The number of anilines is 1. The molecule has 0 spiro atoms. The molecule has 1 aromatic heterocycles. The van der Waals surface area contributed by atoms with Crippen LogP contribution in [0.4, 0.5) is 10.7 Å². The molecule has 0 aliphatic carbocycles. The second-order valence-corrected chi connectivity index (χ2v) is 2.54. The SMILES string of the molecule is O=C(Nc1ncccn1)NS(=O)[O-]. The lowest BCUT2D eigenvalue weighted by atomic mass is 10.7. The van der Waals surface area contributed by atoms with Gasteiger partial charge in [-0.3, -0.25) is 14.2 Å². The largest absolute Gasteiger partial charge is 0.755 e. The standard InChI is InChI=1S/C5H6N4O3S/c10-5(9-13(11)12)8-4-6-2-1-3-7-4/h1-3H,(H,11,12)(H2,6,7,8,9,10)/p-1. The molecule has 1 unspecified atom stereocenters. The van der Waals surface area contributed by atoms with Gasteiger partial charge in [0.25, 0.3) is 0 Å². The zero-order chi connectivity index (χ0) is 9.68. The Morgan fingerprint density at radius 3 is 2.62 bits per heavy atom. The third-order valence-electron chi connectivity index (χ3n) is 0.967. The van der Waals surface area contributed by atoms with Gasteiger partial charge < -0.3 is 4.55 Å². The van der Waals surface area contributed by atoms with E-state index in [0.717, 1.165) is 0 Å². The van der Waals surface area contributed by atoms with Crippen LogP contribution in [0.25, 0.3) is 0 Å². The van der Waals surface area contributed by atoms with Gasteiger partial charge in [0.15, 0.2) is 0 Å². The van der Waals surface area contributed by atoms with E-state index in [1.54, 1.807) is 10.8 Å². The fraction of sp³-hybridized carbons (Fsp3) is 0. The van der Waals surface area contributed by atoms with Crippen LogP contribution < -0.4 is 10.0 Å². The maximum atomic E-state index is 10.7. The number of nitrogens with zero attached hydrogens (tertiary/aromatic N) is 2. The number of urea groups is 1. The van der Waals surface area contributed by atoms with Gasteiger partial charge in [0.05, 0.1) is 0 Å². The van der Waals surface area contributed by atoms with Crippen molar-refractivity contribution in [2.24, 2.45) is 0 Å². The number of hydrogen-bond donors (Lipinski definition) is 2. The summed E-state index contributed by atoms with van der Waals surface area (Å²) in [7, 11) is 0. The fourth-order valence-electron chi connectivity index (χ4n) is 0.566. The lowest BCUT2D eigenvalue weighted by Crippen LogP contribution is -2.30. The van der Waals surface area contributed by atoms with E-state index in [9.17, 15) is 13.6 Å². The van der Waals surface area contributed by atoms with E-state index >= 15 is 0 Å². The van der Waals surface area contributed by atoms with Crippen LogP contribution >= 0.6 is 0 Å². The molecule has 1 aromatic rings. The van der Waals surface area contributed by atoms with Crippen LogP contribution in [0, 0.1) is 0 Å². The summed E-state index contributed by atoms with van der Waals surface area (Å²) in [6.07, 6.45) is 2.83. The Labute approximate surface area is 76.0 Å². The molecule has 2 amide bonds. The molecule has 0 aliphatic rings. The Kier molecular flexibility index (Phi) is 3.29. The van der Waals surface area contributed by atoms with Crippen LogP contribution in [0.1, 0.15) is 0 Å². The average Bonchev–Trinajstić information content (AvgIpc) is 2.04. The molecule has 13 heavy (non-hydrogen) atoms. The van der Waals surface area contributed by atoms with Gasteiger partial charge >= 0.3 is 6.03 Å². The van der Waals surface area contributed by atoms with Crippen molar-refractivity contribution in [2.45, 2.75) is 0 Å². The second kappa shape index (κ2) is 4.48. The summed E-state index contributed by atoms with van der Waals surface area (Å²) in [5.41, 5.74) is 0. The molecule has 0 aromatic carbocycles. The van der Waals surface area contributed by atoms with Crippen molar-refractivity contribution in [1.29, 1.82) is 0 Å². The predicted molar refractivity (Wildman–Crippen MR) is 43.1 cm³/mol. The van der Waals surface area contributed by atoms with E-state index in [1.807, 2.05) is 0 Å². The first-order chi connectivity index (χ1) is 6.18. The molecule has 1 heterocycles. The molecular formula is C5H5N4O3S-. The van der Waals surface area contributed by atoms with E-state index in [2.05, 4.69) is 15.3 Å². The molecule has 0 fully saturated rings. The van der Waals surface area contributed by atoms with Crippen LogP contribution in [0.15, 0.2) is 18.5 Å². The van der Waals surface area contributed by atoms with Gasteiger partial charge in [0.1, 0.15) is 0 Å². The van der Waals surface area contributed by atoms with Crippen LogP contribution in [-0.4, -0.2) is 24.8 Å².